The Hall–Kier alpha value is -2.59. The molecule has 1 aliphatic heterocycles. The van der Waals surface area contributed by atoms with Crippen molar-refractivity contribution in [1.29, 1.82) is 0 Å². The van der Waals surface area contributed by atoms with Crippen LogP contribution in [-0.4, -0.2) is 31.1 Å². The first kappa shape index (κ1) is 16.9. The van der Waals surface area contributed by atoms with E-state index in [9.17, 15) is 4.79 Å². The van der Waals surface area contributed by atoms with E-state index >= 15 is 0 Å². The van der Waals surface area contributed by atoms with Crippen molar-refractivity contribution in [3.63, 3.8) is 0 Å². The molecule has 4 rings (SSSR count). The number of benzene rings is 2. The van der Waals surface area contributed by atoms with Crippen LogP contribution in [0.3, 0.4) is 0 Å². The van der Waals surface area contributed by atoms with Crippen LogP contribution in [0, 0.1) is 13.8 Å². The maximum absolute atomic E-state index is 11.4. The molecule has 2 aromatic carbocycles. The second kappa shape index (κ2) is 6.96. The summed E-state index contributed by atoms with van der Waals surface area (Å²) in [6.45, 7) is 9.34. The number of hydrogen-bond acceptors (Lipinski definition) is 4. The van der Waals surface area contributed by atoms with Gasteiger partial charge in [0.25, 0.3) is 0 Å². The first-order valence-corrected chi connectivity index (χ1v) is 9.16. The highest BCUT2D eigenvalue weighted by molar-refractivity contribution is 5.76. The molecular weight excluding hydrogens is 324 g/mol. The van der Waals surface area contributed by atoms with Crippen LogP contribution >= 0.6 is 0 Å². The van der Waals surface area contributed by atoms with Gasteiger partial charge in [0.05, 0.1) is 0 Å². The Balaban J connectivity index is 1.42. The van der Waals surface area contributed by atoms with E-state index in [0.717, 1.165) is 38.1 Å². The Kier molecular flexibility index (Phi) is 4.51. The number of piperazine rings is 1. The molecule has 26 heavy (non-hydrogen) atoms. The Labute approximate surface area is 153 Å². The zero-order valence-electron chi connectivity index (χ0n) is 15.4. The maximum Gasteiger partial charge on any atom is 0.336 e. The van der Waals surface area contributed by atoms with Crippen molar-refractivity contribution in [2.24, 2.45) is 0 Å². The van der Waals surface area contributed by atoms with Crippen molar-refractivity contribution in [2.75, 3.05) is 31.1 Å². The Morgan fingerprint density at radius 2 is 1.65 bits per heavy atom. The van der Waals surface area contributed by atoms with Gasteiger partial charge < -0.3 is 9.32 Å². The molecule has 1 fully saturated rings. The smallest absolute Gasteiger partial charge is 0.336 e. The minimum atomic E-state index is -0.295. The second-order valence-corrected chi connectivity index (χ2v) is 7.16. The molecule has 0 atom stereocenters. The Bertz CT molecular complexity index is 985. The average molecular weight is 348 g/mol. The van der Waals surface area contributed by atoms with Crippen LogP contribution in [0.4, 0.5) is 5.69 Å². The largest absolute Gasteiger partial charge is 0.423 e. The zero-order valence-corrected chi connectivity index (χ0v) is 15.4. The number of anilines is 1. The fourth-order valence-electron chi connectivity index (χ4n) is 3.55. The molecule has 1 aliphatic rings. The van der Waals surface area contributed by atoms with Gasteiger partial charge in [-0.2, -0.15) is 0 Å². The molecule has 0 bridgehead atoms. The molecule has 0 N–H and O–H groups in total. The molecule has 0 unspecified atom stereocenters. The molecule has 0 radical (unpaired) electrons. The van der Waals surface area contributed by atoms with Crippen LogP contribution in [0.1, 0.15) is 16.7 Å². The van der Waals surface area contributed by atoms with E-state index in [2.05, 4.69) is 47.9 Å². The van der Waals surface area contributed by atoms with Crippen molar-refractivity contribution < 1.29 is 4.42 Å². The lowest BCUT2D eigenvalue weighted by atomic mass is 10.1. The maximum atomic E-state index is 11.4. The van der Waals surface area contributed by atoms with E-state index in [1.165, 1.54) is 28.4 Å². The SMILES string of the molecule is Cc1ccc(N2CCN(Cc3ccc4ccc(=O)oc4c3)CC2)cc1C. The average Bonchev–Trinajstić information content (AvgIpc) is 2.64. The molecule has 0 aliphatic carbocycles. The first-order valence-electron chi connectivity index (χ1n) is 9.16. The van der Waals surface area contributed by atoms with E-state index in [0.29, 0.717) is 5.58 Å². The van der Waals surface area contributed by atoms with Gasteiger partial charge in [-0.1, -0.05) is 18.2 Å². The van der Waals surface area contributed by atoms with Gasteiger partial charge in [0, 0.05) is 49.9 Å². The lowest BCUT2D eigenvalue weighted by Gasteiger charge is -2.36. The monoisotopic (exact) mass is 348 g/mol. The number of fused-ring (bicyclic) bond motifs is 1. The van der Waals surface area contributed by atoms with Gasteiger partial charge in [0.15, 0.2) is 0 Å². The van der Waals surface area contributed by atoms with Gasteiger partial charge in [0.2, 0.25) is 0 Å². The van der Waals surface area contributed by atoms with E-state index in [1.54, 1.807) is 0 Å². The number of aryl methyl sites for hydroxylation is 2. The summed E-state index contributed by atoms with van der Waals surface area (Å²) in [7, 11) is 0. The highest BCUT2D eigenvalue weighted by atomic mass is 16.4. The molecule has 0 spiro atoms. The second-order valence-electron chi connectivity index (χ2n) is 7.16. The lowest BCUT2D eigenvalue weighted by molar-refractivity contribution is 0.250. The van der Waals surface area contributed by atoms with Crippen molar-refractivity contribution in [3.8, 4) is 0 Å². The molecule has 0 amide bonds. The number of rotatable bonds is 3. The normalized spacial score (nSPS) is 15.5. The summed E-state index contributed by atoms with van der Waals surface area (Å²) in [5, 5.41) is 0.966. The summed E-state index contributed by atoms with van der Waals surface area (Å²) >= 11 is 0. The predicted octanol–water partition coefficient (Wildman–Crippen LogP) is 3.73. The quantitative estimate of drug-likeness (QED) is 0.676. The van der Waals surface area contributed by atoms with Crippen LogP contribution in [0.5, 0.6) is 0 Å². The summed E-state index contributed by atoms with van der Waals surface area (Å²) in [6, 6.07) is 16.1. The summed E-state index contributed by atoms with van der Waals surface area (Å²) < 4.78 is 5.30. The van der Waals surface area contributed by atoms with E-state index in [1.807, 2.05) is 18.2 Å². The predicted molar refractivity (Wildman–Crippen MR) is 106 cm³/mol. The summed E-state index contributed by atoms with van der Waals surface area (Å²) in [5.41, 5.74) is 5.57. The summed E-state index contributed by atoms with van der Waals surface area (Å²) in [4.78, 5) is 16.3. The molecule has 1 aromatic heterocycles. The standard InChI is InChI=1S/C22H24N2O2/c1-16-3-7-20(13-17(16)2)24-11-9-23(10-12-24)15-18-4-5-19-6-8-22(25)26-21(19)14-18/h3-8,13-14H,9-12,15H2,1-2H3. The fourth-order valence-corrected chi connectivity index (χ4v) is 3.55. The molecule has 3 aromatic rings. The zero-order chi connectivity index (χ0) is 18.1. The van der Waals surface area contributed by atoms with Crippen LogP contribution < -0.4 is 10.5 Å². The minimum Gasteiger partial charge on any atom is -0.423 e. The van der Waals surface area contributed by atoms with E-state index < -0.39 is 0 Å². The third-order valence-corrected chi connectivity index (χ3v) is 5.32. The first-order chi connectivity index (χ1) is 12.6. The van der Waals surface area contributed by atoms with Crippen LogP contribution in [0.25, 0.3) is 11.0 Å². The Morgan fingerprint density at radius 1 is 0.885 bits per heavy atom. The van der Waals surface area contributed by atoms with Crippen LogP contribution in [0.2, 0.25) is 0 Å². The molecule has 1 saturated heterocycles. The van der Waals surface area contributed by atoms with Gasteiger partial charge in [-0.05, 0) is 54.8 Å². The van der Waals surface area contributed by atoms with Crippen molar-refractivity contribution >= 4 is 16.7 Å². The van der Waals surface area contributed by atoms with Gasteiger partial charge in [-0.25, -0.2) is 4.79 Å². The third kappa shape index (κ3) is 3.51. The van der Waals surface area contributed by atoms with Gasteiger partial charge in [0.1, 0.15) is 5.58 Å². The Morgan fingerprint density at radius 3 is 2.42 bits per heavy atom. The summed E-state index contributed by atoms with van der Waals surface area (Å²) in [6.07, 6.45) is 0. The molecule has 134 valence electrons. The van der Waals surface area contributed by atoms with Crippen molar-refractivity contribution in [2.45, 2.75) is 20.4 Å². The molecule has 2 heterocycles. The van der Waals surface area contributed by atoms with Gasteiger partial charge in [-0.15, -0.1) is 0 Å². The minimum absolute atomic E-state index is 0.295. The highest BCUT2D eigenvalue weighted by Crippen LogP contribution is 2.21. The molecule has 4 heteroatoms. The van der Waals surface area contributed by atoms with E-state index in [-0.39, 0.29) is 5.63 Å². The van der Waals surface area contributed by atoms with Gasteiger partial charge in [-0.3, -0.25) is 4.90 Å². The molecule has 4 nitrogen and oxygen atoms in total. The van der Waals surface area contributed by atoms with Gasteiger partial charge >= 0.3 is 5.63 Å². The topological polar surface area (TPSA) is 36.7 Å². The van der Waals surface area contributed by atoms with Crippen LogP contribution in [0.15, 0.2) is 57.7 Å². The van der Waals surface area contributed by atoms with Crippen molar-refractivity contribution in [1.82, 2.24) is 4.90 Å². The number of hydrogen-bond donors (Lipinski definition) is 0. The highest BCUT2D eigenvalue weighted by Gasteiger charge is 2.17. The third-order valence-electron chi connectivity index (χ3n) is 5.32. The fraction of sp³-hybridized carbons (Fsp3) is 0.318. The van der Waals surface area contributed by atoms with Crippen molar-refractivity contribution in [3.05, 3.63) is 75.6 Å². The van der Waals surface area contributed by atoms with E-state index in [4.69, 9.17) is 4.42 Å². The number of nitrogens with zero attached hydrogens (tertiary/aromatic N) is 2. The lowest BCUT2D eigenvalue weighted by Crippen LogP contribution is -2.46. The molecular formula is C22H24N2O2. The van der Waals surface area contributed by atoms with Crippen LogP contribution in [-0.2, 0) is 6.54 Å². The molecule has 0 saturated carbocycles. The summed E-state index contributed by atoms with van der Waals surface area (Å²) in [5.74, 6) is 0.